The Morgan fingerprint density at radius 1 is 0.824 bits per heavy atom. The molecule has 9 heteroatoms. The van der Waals surface area contributed by atoms with Crippen molar-refractivity contribution in [3.63, 3.8) is 0 Å². The Morgan fingerprint density at radius 2 is 1.53 bits per heavy atom. The van der Waals surface area contributed by atoms with Crippen molar-refractivity contribution in [1.29, 1.82) is 0 Å². The molecule has 3 aromatic carbocycles. The van der Waals surface area contributed by atoms with Crippen molar-refractivity contribution in [3.8, 4) is 17.2 Å². The Balaban J connectivity index is 1.58. The monoisotopic (exact) mass is 461 g/mol. The summed E-state index contributed by atoms with van der Waals surface area (Å²) in [5.41, 5.74) is 3.84. The molecule has 0 saturated carbocycles. The zero-order valence-corrected chi connectivity index (χ0v) is 18.6. The first-order valence-electron chi connectivity index (χ1n) is 10.2. The van der Waals surface area contributed by atoms with E-state index < -0.39 is 17.8 Å². The minimum absolute atomic E-state index is 0.194. The first kappa shape index (κ1) is 24.0. The third kappa shape index (κ3) is 6.42. The number of hydrogen-bond donors (Lipinski definition) is 2. The molecule has 0 aliphatic rings. The van der Waals surface area contributed by atoms with Gasteiger partial charge < -0.3 is 19.5 Å². The van der Waals surface area contributed by atoms with Crippen LogP contribution in [0.3, 0.4) is 0 Å². The van der Waals surface area contributed by atoms with Gasteiger partial charge in [0.25, 0.3) is 0 Å². The van der Waals surface area contributed by atoms with Crippen molar-refractivity contribution in [3.05, 3.63) is 89.5 Å². The molecule has 0 spiro atoms. The minimum atomic E-state index is -0.901. The van der Waals surface area contributed by atoms with Crippen LogP contribution in [0, 0.1) is 0 Å². The van der Waals surface area contributed by atoms with E-state index in [1.807, 2.05) is 30.3 Å². The molecule has 2 amide bonds. The lowest BCUT2D eigenvalue weighted by molar-refractivity contribution is -0.139. The molecule has 0 aromatic heterocycles. The van der Waals surface area contributed by atoms with E-state index in [0.717, 1.165) is 5.56 Å². The predicted molar refractivity (Wildman–Crippen MR) is 125 cm³/mol. The van der Waals surface area contributed by atoms with Gasteiger partial charge in [0.05, 0.1) is 20.4 Å². The van der Waals surface area contributed by atoms with Crippen LogP contribution in [0.25, 0.3) is 0 Å². The van der Waals surface area contributed by atoms with E-state index in [1.165, 1.54) is 26.5 Å². The van der Waals surface area contributed by atoms with Gasteiger partial charge in [-0.05, 0) is 41.5 Å². The highest BCUT2D eigenvalue weighted by Gasteiger charge is 2.17. The summed E-state index contributed by atoms with van der Waals surface area (Å²) in [5, 5.41) is 6.30. The number of ether oxygens (including phenoxy) is 3. The van der Waals surface area contributed by atoms with E-state index in [2.05, 4.69) is 15.8 Å². The van der Waals surface area contributed by atoms with E-state index >= 15 is 0 Å². The SMILES string of the molecule is COc1cc(C=NNC(=O)C(=O)NCc2ccccc2)ccc1OC(=O)c1ccccc1OC. The summed E-state index contributed by atoms with van der Waals surface area (Å²) in [6, 6.07) is 20.6. The van der Waals surface area contributed by atoms with Gasteiger partial charge in [-0.1, -0.05) is 42.5 Å². The van der Waals surface area contributed by atoms with E-state index in [0.29, 0.717) is 11.3 Å². The highest BCUT2D eigenvalue weighted by atomic mass is 16.6. The molecule has 2 N–H and O–H groups in total. The van der Waals surface area contributed by atoms with Gasteiger partial charge in [0.15, 0.2) is 11.5 Å². The standard InChI is InChI=1S/C25H23N3O6/c1-32-20-11-7-6-10-19(20)25(31)34-21-13-12-18(14-22(21)33-2)16-27-28-24(30)23(29)26-15-17-8-4-3-5-9-17/h3-14,16H,15H2,1-2H3,(H,26,29)(H,28,30). The topological polar surface area (TPSA) is 115 Å². The van der Waals surface area contributed by atoms with Crippen LogP contribution in [0.15, 0.2) is 77.9 Å². The summed E-state index contributed by atoms with van der Waals surface area (Å²) in [6.45, 7) is 0.225. The number of benzene rings is 3. The van der Waals surface area contributed by atoms with Crippen LogP contribution in [0.2, 0.25) is 0 Å². The minimum Gasteiger partial charge on any atom is -0.496 e. The van der Waals surface area contributed by atoms with E-state index in [-0.39, 0.29) is 23.6 Å². The number of esters is 1. The molecule has 3 aromatic rings. The summed E-state index contributed by atoms with van der Waals surface area (Å²) in [7, 11) is 2.89. The maximum atomic E-state index is 12.5. The van der Waals surface area contributed by atoms with Crippen molar-refractivity contribution in [2.24, 2.45) is 5.10 Å². The Hall–Kier alpha value is -4.66. The van der Waals surface area contributed by atoms with Crippen molar-refractivity contribution < 1.29 is 28.6 Å². The number of amides is 2. The van der Waals surface area contributed by atoms with Gasteiger partial charge >= 0.3 is 17.8 Å². The van der Waals surface area contributed by atoms with Crippen LogP contribution in [0.4, 0.5) is 0 Å². The Bertz CT molecular complexity index is 1190. The molecular weight excluding hydrogens is 438 g/mol. The third-order valence-corrected chi connectivity index (χ3v) is 4.60. The number of hydrogen-bond acceptors (Lipinski definition) is 7. The van der Waals surface area contributed by atoms with Crippen molar-refractivity contribution in [1.82, 2.24) is 10.7 Å². The van der Waals surface area contributed by atoms with Crippen LogP contribution in [-0.4, -0.2) is 38.2 Å². The van der Waals surface area contributed by atoms with Crippen molar-refractivity contribution in [2.45, 2.75) is 6.54 Å². The molecule has 0 aliphatic carbocycles. The van der Waals surface area contributed by atoms with Crippen LogP contribution < -0.4 is 25.0 Å². The lowest BCUT2D eigenvalue weighted by Gasteiger charge is -2.11. The summed E-state index contributed by atoms with van der Waals surface area (Å²) >= 11 is 0. The number of nitrogens with one attached hydrogen (secondary N) is 2. The molecule has 0 bridgehead atoms. The number of carbonyl (C=O) groups is 3. The Labute approximate surface area is 196 Å². The van der Waals surface area contributed by atoms with Gasteiger partial charge in [0.2, 0.25) is 0 Å². The molecule has 3 rings (SSSR count). The van der Waals surface area contributed by atoms with Crippen LogP contribution in [0.5, 0.6) is 17.2 Å². The van der Waals surface area contributed by atoms with E-state index in [1.54, 1.807) is 36.4 Å². The van der Waals surface area contributed by atoms with Crippen LogP contribution in [0.1, 0.15) is 21.5 Å². The third-order valence-electron chi connectivity index (χ3n) is 4.60. The number of rotatable bonds is 8. The van der Waals surface area contributed by atoms with Gasteiger partial charge in [-0.25, -0.2) is 10.2 Å². The molecular formula is C25H23N3O6. The Kier molecular flexibility index (Phi) is 8.34. The number of methoxy groups -OCH3 is 2. The molecule has 34 heavy (non-hydrogen) atoms. The van der Waals surface area contributed by atoms with Gasteiger partial charge in [-0.3, -0.25) is 9.59 Å². The van der Waals surface area contributed by atoms with Crippen molar-refractivity contribution >= 4 is 24.0 Å². The summed E-state index contributed by atoms with van der Waals surface area (Å²) in [4.78, 5) is 36.3. The quantitative estimate of drug-likeness (QED) is 0.175. The first-order valence-corrected chi connectivity index (χ1v) is 10.2. The number of hydrazone groups is 1. The summed E-state index contributed by atoms with van der Waals surface area (Å²) in [5.74, 6) is -1.46. The molecule has 0 atom stereocenters. The van der Waals surface area contributed by atoms with Gasteiger partial charge in [0.1, 0.15) is 11.3 Å². The molecule has 0 radical (unpaired) electrons. The second kappa shape index (κ2) is 11.8. The van der Waals surface area contributed by atoms with E-state index in [9.17, 15) is 14.4 Å². The zero-order chi connectivity index (χ0) is 24.3. The molecule has 0 fully saturated rings. The van der Waals surface area contributed by atoms with Crippen LogP contribution >= 0.6 is 0 Å². The first-order chi connectivity index (χ1) is 16.5. The predicted octanol–water partition coefficient (Wildman–Crippen LogP) is 2.69. The van der Waals surface area contributed by atoms with Crippen LogP contribution in [-0.2, 0) is 16.1 Å². The Morgan fingerprint density at radius 3 is 2.26 bits per heavy atom. The number of carbonyl (C=O) groups excluding carboxylic acids is 3. The fourth-order valence-electron chi connectivity index (χ4n) is 2.89. The van der Waals surface area contributed by atoms with E-state index in [4.69, 9.17) is 14.2 Å². The average Bonchev–Trinajstić information content (AvgIpc) is 2.88. The molecule has 174 valence electrons. The highest BCUT2D eigenvalue weighted by Crippen LogP contribution is 2.29. The average molecular weight is 461 g/mol. The molecule has 0 aliphatic heterocycles. The second-order valence-corrected chi connectivity index (χ2v) is 6.87. The normalized spacial score (nSPS) is 10.4. The molecule has 0 saturated heterocycles. The maximum absolute atomic E-state index is 12.5. The van der Waals surface area contributed by atoms with Crippen molar-refractivity contribution in [2.75, 3.05) is 14.2 Å². The highest BCUT2D eigenvalue weighted by molar-refractivity contribution is 6.35. The lowest BCUT2D eigenvalue weighted by Crippen LogP contribution is -2.37. The smallest absolute Gasteiger partial charge is 0.347 e. The largest absolute Gasteiger partial charge is 0.496 e. The molecule has 0 heterocycles. The fraction of sp³-hybridized carbons (Fsp3) is 0.120. The number of nitrogens with zero attached hydrogens (tertiary/aromatic N) is 1. The number of para-hydroxylation sites is 1. The van der Waals surface area contributed by atoms with Gasteiger partial charge in [-0.15, -0.1) is 0 Å². The maximum Gasteiger partial charge on any atom is 0.347 e. The van der Waals surface area contributed by atoms with Gasteiger partial charge in [-0.2, -0.15) is 5.10 Å². The second-order valence-electron chi connectivity index (χ2n) is 6.87. The lowest BCUT2D eigenvalue weighted by atomic mass is 10.2. The zero-order valence-electron chi connectivity index (χ0n) is 18.6. The fourth-order valence-corrected chi connectivity index (χ4v) is 2.89. The summed E-state index contributed by atoms with van der Waals surface area (Å²) < 4.78 is 15.9. The van der Waals surface area contributed by atoms with Gasteiger partial charge in [0, 0.05) is 6.54 Å². The molecule has 9 nitrogen and oxygen atoms in total. The molecule has 0 unspecified atom stereocenters. The summed E-state index contributed by atoms with van der Waals surface area (Å²) in [6.07, 6.45) is 1.33.